The summed E-state index contributed by atoms with van der Waals surface area (Å²) in [5, 5.41) is 3.65. The number of thiophene rings is 1. The smallest absolute Gasteiger partial charge is 0.410 e. The number of rotatable bonds is 6. The molecule has 4 aromatic rings. The molecule has 2 aromatic heterocycles. The number of hydrogen-bond acceptors (Lipinski definition) is 6. The van der Waals surface area contributed by atoms with Gasteiger partial charge in [-0.25, -0.2) is 9.78 Å². The van der Waals surface area contributed by atoms with Crippen LogP contribution in [-0.4, -0.2) is 45.3 Å². The maximum Gasteiger partial charge on any atom is 0.410 e. The third-order valence-electron chi connectivity index (χ3n) is 6.45. The monoisotopic (exact) mass is 631 g/mol. The van der Waals surface area contributed by atoms with Gasteiger partial charge in [0, 0.05) is 48.0 Å². The Morgan fingerprint density at radius 2 is 1.92 bits per heavy atom. The summed E-state index contributed by atoms with van der Waals surface area (Å²) in [5.74, 6) is 1.52. The number of carbonyl (C=O) groups excluding carboxylic acids is 1. The van der Waals surface area contributed by atoms with Crippen LogP contribution in [0.25, 0.3) is 16.0 Å². The van der Waals surface area contributed by atoms with Gasteiger partial charge in [0.05, 0.1) is 15.5 Å². The molecule has 1 aliphatic rings. The van der Waals surface area contributed by atoms with Gasteiger partial charge in [0.2, 0.25) is 0 Å². The van der Waals surface area contributed by atoms with Crippen LogP contribution in [-0.2, 0) is 4.74 Å². The van der Waals surface area contributed by atoms with Crippen LogP contribution in [0.3, 0.4) is 0 Å². The molecule has 7 nitrogen and oxygen atoms in total. The zero-order valence-electron chi connectivity index (χ0n) is 22.3. The molecule has 5 rings (SSSR count). The van der Waals surface area contributed by atoms with Gasteiger partial charge in [-0.05, 0) is 61.8 Å². The molecule has 39 heavy (non-hydrogen) atoms. The summed E-state index contributed by atoms with van der Waals surface area (Å²) >= 11 is 11.7. The average molecular weight is 633 g/mol. The molecular weight excluding hydrogens is 602 g/mol. The Kier molecular flexibility index (Phi) is 8.12. The lowest BCUT2D eigenvalue weighted by molar-refractivity contribution is 0.0126. The lowest BCUT2D eigenvalue weighted by Crippen LogP contribution is -2.44. The van der Waals surface area contributed by atoms with Crippen molar-refractivity contribution < 1.29 is 19.0 Å². The molecule has 206 valence electrons. The van der Waals surface area contributed by atoms with Crippen LogP contribution in [0.2, 0.25) is 5.02 Å². The summed E-state index contributed by atoms with van der Waals surface area (Å²) in [5.41, 5.74) is 2.22. The highest BCUT2D eigenvalue weighted by Gasteiger charge is 2.28. The fourth-order valence-corrected chi connectivity index (χ4v) is 6.24. The van der Waals surface area contributed by atoms with Crippen LogP contribution < -0.4 is 9.47 Å². The first-order valence-electron chi connectivity index (χ1n) is 12.9. The van der Waals surface area contributed by atoms with Crippen molar-refractivity contribution in [3.05, 3.63) is 69.2 Å². The normalized spacial score (nSPS) is 15.4. The summed E-state index contributed by atoms with van der Waals surface area (Å²) in [6, 6.07) is 13.6. The minimum atomic E-state index is -0.503. The molecule has 10 heteroatoms. The van der Waals surface area contributed by atoms with Crippen LogP contribution >= 0.6 is 38.9 Å². The number of benzene rings is 2. The molecule has 2 aromatic carbocycles. The minimum absolute atomic E-state index is 0.00171. The van der Waals surface area contributed by atoms with Crippen LogP contribution in [0.5, 0.6) is 11.5 Å². The first-order chi connectivity index (χ1) is 18.6. The molecule has 1 amide bonds. The van der Waals surface area contributed by atoms with Gasteiger partial charge in [-0.15, -0.1) is 11.3 Å². The van der Waals surface area contributed by atoms with Crippen molar-refractivity contribution in [3.8, 4) is 16.5 Å². The molecule has 1 aliphatic heterocycles. The molecule has 1 fully saturated rings. The molecule has 0 saturated carbocycles. The van der Waals surface area contributed by atoms with E-state index < -0.39 is 5.60 Å². The van der Waals surface area contributed by atoms with E-state index in [0.717, 1.165) is 50.4 Å². The highest BCUT2D eigenvalue weighted by molar-refractivity contribution is 9.10. The molecular formula is C29H31BrClN3O4S. The fourth-order valence-electron chi connectivity index (χ4n) is 4.54. The summed E-state index contributed by atoms with van der Waals surface area (Å²) in [6.45, 7) is 8.83. The molecule has 1 saturated heterocycles. The third-order valence-corrected chi connectivity index (χ3v) is 8.47. The summed E-state index contributed by atoms with van der Waals surface area (Å²) in [4.78, 5) is 18.8. The van der Waals surface area contributed by atoms with Gasteiger partial charge >= 0.3 is 6.09 Å². The van der Waals surface area contributed by atoms with E-state index in [-0.39, 0.29) is 18.3 Å². The standard InChI is InChI=1S/C29H31BrClN3O4S/c1-18(21-7-5-6-8-22(21)31)36-20-15-25(39-16-20)34-17-32-23-9-10-24(26(30)27(23)34)37-19-11-13-33(14-12-19)28(35)38-29(2,3)4/h5-10,15-19H,11-14H2,1-4H3/t18-/m1/s1. The highest BCUT2D eigenvalue weighted by Crippen LogP contribution is 2.38. The van der Waals surface area contributed by atoms with Crippen LogP contribution in [0.15, 0.2) is 58.6 Å². The number of nitrogens with zero attached hydrogens (tertiary/aromatic N) is 3. The van der Waals surface area contributed by atoms with E-state index in [2.05, 4.69) is 20.9 Å². The number of fused-ring (bicyclic) bond motifs is 1. The molecule has 0 radical (unpaired) electrons. The van der Waals surface area contributed by atoms with Crippen molar-refractivity contribution in [3.63, 3.8) is 0 Å². The molecule has 0 spiro atoms. The molecule has 1 atom stereocenters. The SMILES string of the molecule is C[C@@H](Oc1csc(-n2cnc3ccc(OC4CCN(C(=O)OC(C)(C)C)CC4)c(Br)c32)c1)c1ccccc1Cl. The Morgan fingerprint density at radius 3 is 2.64 bits per heavy atom. The first-order valence-corrected chi connectivity index (χ1v) is 14.9. The van der Waals surface area contributed by atoms with Crippen molar-refractivity contribution in [2.24, 2.45) is 0 Å². The summed E-state index contributed by atoms with van der Waals surface area (Å²) in [6.07, 6.45) is 2.83. The molecule has 3 heterocycles. The predicted octanol–water partition coefficient (Wildman–Crippen LogP) is 8.42. The zero-order valence-corrected chi connectivity index (χ0v) is 25.5. The Balaban J connectivity index is 1.29. The van der Waals surface area contributed by atoms with Gasteiger partial charge in [-0.1, -0.05) is 29.8 Å². The van der Waals surface area contributed by atoms with Crippen molar-refractivity contribution >= 4 is 56.0 Å². The van der Waals surface area contributed by atoms with Crippen molar-refractivity contribution in [2.45, 2.75) is 58.3 Å². The van der Waals surface area contributed by atoms with Crippen molar-refractivity contribution in [1.29, 1.82) is 0 Å². The van der Waals surface area contributed by atoms with Crippen molar-refractivity contribution in [1.82, 2.24) is 14.5 Å². The number of carbonyl (C=O) groups is 1. The average Bonchev–Trinajstić information content (AvgIpc) is 3.52. The number of imidazole rings is 1. The highest BCUT2D eigenvalue weighted by atomic mass is 79.9. The van der Waals surface area contributed by atoms with E-state index in [1.165, 1.54) is 0 Å². The second kappa shape index (κ2) is 11.4. The van der Waals surface area contributed by atoms with Gasteiger partial charge in [0.15, 0.2) is 0 Å². The van der Waals surface area contributed by atoms with E-state index in [1.807, 2.05) is 86.4 Å². The summed E-state index contributed by atoms with van der Waals surface area (Å²) < 4.78 is 21.0. The quantitative estimate of drug-likeness (QED) is 0.214. The van der Waals surface area contributed by atoms with Crippen molar-refractivity contribution in [2.75, 3.05) is 13.1 Å². The topological polar surface area (TPSA) is 65.8 Å². The van der Waals surface area contributed by atoms with Gasteiger partial charge in [-0.2, -0.15) is 0 Å². The predicted molar refractivity (Wildman–Crippen MR) is 159 cm³/mol. The van der Waals surface area contributed by atoms with E-state index >= 15 is 0 Å². The zero-order chi connectivity index (χ0) is 27.7. The molecule has 0 unspecified atom stereocenters. The Labute approximate surface area is 245 Å². The van der Waals surface area contributed by atoms with Crippen LogP contribution in [0.4, 0.5) is 4.79 Å². The second-order valence-corrected chi connectivity index (χ2v) is 12.6. The molecule has 0 bridgehead atoms. The van der Waals surface area contributed by atoms with E-state index in [4.69, 9.17) is 25.8 Å². The third kappa shape index (κ3) is 6.36. The minimum Gasteiger partial charge on any atom is -0.489 e. The Morgan fingerprint density at radius 1 is 1.18 bits per heavy atom. The lowest BCUT2D eigenvalue weighted by atomic mass is 10.1. The Bertz CT molecular complexity index is 1470. The number of halogens is 2. The Hall–Kier alpha value is -2.75. The molecule has 0 aliphatic carbocycles. The number of piperidine rings is 1. The van der Waals surface area contributed by atoms with Crippen LogP contribution in [0.1, 0.15) is 52.2 Å². The van der Waals surface area contributed by atoms with Gasteiger partial charge in [-0.3, -0.25) is 4.57 Å². The van der Waals surface area contributed by atoms with Gasteiger partial charge in [0.25, 0.3) is 0 Å². The maximum absolute atomic E-state index is 12.4. The van der Waals surface area contributed by atoms with Crippen LogP contribution in [0, 0.1) is 0 Å². The van der Waals surface area contributed by atoms with Gasteiger partial charge in [0.1, 0.15) is 40.6 Å². The maximum atomic E-state index is 12.4. The first kappa shape index (κ1) is 27.8. The summed E-state index contributed by atoms with van der Waals surface area (Å²) in [7, 11) is 0. The second-order valence-electron chi connectivity index (χ2n) is 10.5. The largest absolute Gasteiger partial charge is 0.489 e. The number of aromatic nitrogens is 2. The van der Waals surface area contributed by atoms with E-state index in [0.29, 0.717) is 18.1 Å². The number of likely N-dealkylation sites (tertiary alicyclic amines) is 1. The lowest BCUT2D eigenvalue weighted by Gasteiger charge is -2.33. The number of amides is 1. The fraction of sp³-hybridized carbons (Fsp3) is 0.379. The number of hydrogen-bond donors (Lipinski definition) is 0. The van der Waals surface area contributed by atoms with Gasteiger partial charge < -0.3 is 19.1 Å². The molecule has 0 N–H and O–H groups in total. The number of ether oxygens (including phenoxy) is 3. The van der Waals surface area contributed by atoms with E-state index in [1.54, 1.807) is 16.2 Å². The van der Waals surface area contributed by atoms with E-state index in [9.17, 15) is 4.79 Å².